The van der Waals surface area contributed by atoms with Gasteiger partial charge in [0.2, 0.25) is 76.8 Å². The molecule has 7 atom stereocenters. The van der Waals surface area contributed by atoms with Gasteiger partial charge in [0.15, 0.2) is 0 Å². The second-order valence-corrected chi connectivity index (χ2v) is 26.5. The third-order valence-electron chi connectivity index (χ3n) is 15.7. The summed E-state index contributed by atoms with van der Waals surface area (Å²) in [6.07, 6.45) is 15.0. The van der Waals surface area contributed by atoms with Crippen molar-refractivity contribution >= 4 is 106 Å². The van der Waals surface area contributed by atoms with E-state index in [1.807, 2.05) is 0 Å². The largest absolute Gasteiger partial charge is 0.508 e. The number of amides is 13. The van der Waals surface area contributed by atoms with Crippen molar-refractivity contribution in [2.24, 2.45) is 23.1 Å². The van der Waals surface area contributed by atoms with E-state index in [-0.39, 0.29) is 86.7 Å². The summed E-state index contributed by atoms with van der Waals surface area (Å²) < 4.78 is 16.6. The number of carboxylic acid groups (broad SMARTS) is 1. The van der Waals surface area contributed by atoms with Gasteiger partial charge in [-0.1, -0.05) is 109 Å². The Kier molecular flexibility index (Phi) is 47.7. The fourth-order valence-corrected chi connectivity index (χ4v) is 11.8. The van der Waals surface area contributed by atoms with Crippen molar-refractivity contribution in [1.82, 2.24) is 53.2 Å². The number of phenolic OH excluding ortho intramolecular Hbond substituents is 1. The van der Waals surface area contributed by atoms with Crippen LogP contribution in [-0.4, -0.2) is 218 Å². The number of ether oxygens (including phenoxy) is 3. The Morgan fingerprint density at radius 1 is 0.590 bits per heavy atom. The maximum atomic E-state index is 14.1. The minimum atomic E-state index is -1.79. The molecule has 0 spiro atoms. The molecule has 0 aromatic heterocycles. The molecule has 2 rings (SSSR count). The molecule has 1 aromatic rings. The summed E-state index contributed by atoms with van der Waals surface area (Å²) in [5.74, 6) is -12.2. The number of nitrogens with two attached hydrogens (primary N) is 3. The summed E-state index contributed by atoms with van der Waals surface area (Å²) in [5, 5.41) is 43.9. The average Bonchev–Trinajstić information content (AvgIpc) is 0.855. The first-order chi connectivity index (χ1) is 47.9. The topological polar surface area (TPSA) is 505 Å². The first kappa shape index (κ1) is 88.3. The second kappa shape index (κ2) is 54.0. The van der Waals surface area contributed by atoms with Gasteiger partial charge in [-0.3, -0.25) is 67.1 Å². The summed E-state index contributed by atoms with van der Waals surface area (Å²) in [4.78, 5) is 182. The Morgan fingerprint density at radius 3 is 1.69 bits per heavy atom. The normalized spacial score (nSPS) is 17.9. The van der Waals surface area contributed by atoms with Crippen molar-refractivity contribution in [3.05, 3.63) is 29.8 Å². The number of benzene rings is 1. The highest BCUT2D eigenvalue weighted by molar-refractivity contribution is 8.00. The van der Waals surface area contributed by atoms with E-state index in [1.54, 1.807) is 26.0 Å². The number of nitrogens with one attached hydrogen (secondary N) is 10. The lowest BCUT2D eigenvalue weighted by Crippen LogP contribution is -2.61. The number of unbranched alkanes of at least 4 members (excludes halogenated alkanes) is 13. The lowest BCUT2D eigenvalue weighted by molar-refractivity contribution is -0.137. The summed E-state index contributed by atoms with van der Waals surface area (Å²) in [6, 6.07) is -2.99. The van der Waals surface area contributed by atoms with Gasteiger partial charge in [-0.15, -0.1) is 11.8 Å². The SMILES string of the molecule is CC[C@H](C)[C@@H]1NC(=O)[C@H](Cc2ccc(O)cc2)NC(=O)CCCSC[C@@H](C(=O)NCC(=O)N[C@@H](CSCC(=O)NCCOCCOCCOCCNC(=O)CCCCCCCCCCCCCCCCC(=O)O)C(=O)NCC(N)=O)NC(=O)[C@H](CC(N)=O)NC(=O)[C@H](CCC(N)=O)NC1=O. The first-order valence-electron chi connectivity index (χ1n) is 34.5. The zero-order valence-corrected chi connectivity index (χ0v) is 59.5. The van der Waals surface area contributed by atoms with Gasteiger partial charge in [-0.2, -0.15) is 11.8 Å². The highest BCUT2D eigenvalue weighted by Crippen LogP contribution is 2.17. The molecule has 1 aliphatic rings. The van der Waals surface area contributed by atoms with Crippen molar-refractivity contribution < 1.29 is 91.5 Å². The molecule has 1 heterocycles. The third-order valence-corrected chi connectivity index (χ3v) is 17.9. The smallest absolute Gasteiger partial charge is 0.303 e. The van der Waals surface area contributed by atoms with Crippen LogP contribution >= 0.6 is 23.5 Å². The van der Waals surface area contributed by atoms with Gasteiger partial charge in [0.05, 0.1) is 64.9 Å². The highest BCUT2D eigenvalue weighted by Gasteiger charge is 2.36. The van der Waals surface area contributed by atoms with Gasteiger partial charge >= 0.3 is 5.97 Å². The van der Waals surface area contributed by atoms with Crippen LogP contribution in [0.5, 0.6) is 5.75 Å². The molecule has 100 heavy (non-hydrogen) atoms. The average molecular weight is 1450 g/mol. The fourth-order valence-electron chi connectivity index (χ4n) is 9.97. The van der Waals surface area contributed by atoms with Crippen LogP contribution in [0, 0.1) is 5.92 Å². The molecule has 34 heteroatoms. The Labute approximate surface area is 593 Å². The number of thioether (sulfide) groups is 2. The number of carboxylic acids is 1. The van der Waals surface area contributed by atoms with E-state index in [1.165, 1.54) is 63.5 Å². The molecule has 0 saturated carbocycles. The van der Waals surface area contributed by atoms with Crippen LogP contribution < -0.4 is 70.4 Å². The van der Waals surface area contributed by atoms with Crippen molar-refractivity contribution in [1.29, 1.82) is 0 Å². The lowest BCUT2D eigenvalue weighted by Gasteiger charge is -2.29. The first-order valence-corrected chi connectivity index (χ1v) is 36.8. The number of carbonyl (C=O) groups is 14. The molecule has 564 valence electrons. The van der Waals surface area contributed by atoms with Crippen LogP contribution in [-0.2, 0) is 87.8 Å². The Hall–Kier alpha value is -7.82. The minimum Gasteiger partial charge on any atom is -0.508 e. The van der Waals surface area contributed by atoms with Crippen LogP contribution in [0.4, 0.5) is 0 Å². The summed E-state index contributed by atoms with van der Waals surface area (Å²) in [6.45, 7) is 4.15. The number of phenols is 1. The van der Waals surface area contributed by atoms with Crippen LogP contribution in [0.25, 0.3) is 0 Å². The number of aromatic hydroxyl groups is 1. The predicted molar refractivity (Wildman–Crippen MR) is 374 cm³/mol. The summed E-state index contributed by atoms with van der Waals surface area (Å²) >= 11 is 2.03. The second-order valence-electron chi connectivity index (χ2n) is 24.3. The molecule has 1 fully saturated rings. The molecule has 13 amide bonds. The molecule has 32 nitrogen and oxygen atoms in total. The molecule has 0 aliphatic carbocycles. The van der Waals surface area contributed by atoms with Crippen molar-refractivity contribution in [2.45, 2.75) is 198 Å². The number of aliphatic carboxylic acids is 1. The van der Waals surface area contributed by atoms with Crippen molar-refractivity contribution in [3.8, 4) is 5.75 Å². The molecule has 18 N–H and O–H groups in total. The highest BCUT2D eigenvalue weighted by atomic mass is 32.2. The Morgan fingerprint density at radius 2 is 1.13 bits per heavy atom. The third kappa shape index (κ3) is 43.7. The van der Waals surface area contributed by atoms with E-state index >= 15 is 0 Å². The van der Waals surface area contributed by atoms with Gasteiger partial charge in [0.25, 0.3) is 0 Å². The molecule has 0 radical (unpaired) electrons. The van der Waals surface area contributed by atoms with E-state index in [9.17, 15) is 72.2 Å². The van der Waals surface area contributed by atoms with Crippen LogP contribution in [0.3, 0.4) is 0 Å². The maximum absolute atomic E-state index is 14.1. The number of hydrogen-bond donors (Lipinski definition) is 15. The molecule has 0 bridgehead atoms. The maximum Gasteiger partial charge on any atom is 0.303 e. The number of hydrogen-bond acceptors (Lipinski definition) is 20. The van der Waals surface area contributed by atoms with Gasteiger partial charge in [0.1, 0.15) is 42.0 Å². The molecular formula is C66H109N13O19S2. The van der Waals surface area contributed by atoms with Gasteiger partial charge < -0.3 is 94.8 Å². The zero-order valence-electron chi connectivity index (χ0n) is 57.9. The molecule has 1 saturated heterocycles. The predicted octanol–water partition coefficient (Wildman–Crippen LogP) is -0.383. The van der Waals surface area contributed by atoms with Gasteiger partial charge in [-0.25, -0.2) is 0 Å². The molecule has 0 unspecified atom stereocenters. The standard InChI is InChI=1S/C66H109N13O19S2/c1-3-44(2)60-66(95)76-47(26-27-52(67)81)63(92)77-49(38-53(68)82)64(93)78-51(41-99-36-18-20-56(85)74-48(65(94)79-60)37-45-22-24-46(80)25-23-45)62(91)73-40-57(86)75-50(61(90)72-39-54(69)83)42-100-43-58(87)71-29-31-97-33-35-98-34-32-96-30-28-70-55(84)19-16-14-12-10-8-6-4-5-7-9-11-13-15-17-21-59(88)89/h22-25,44,47-51,60,80H,3-21,26-43H2,1-2H3,(H2,67,81)(H2,68,82)(H2,69,83)(H,70,84)(H,71,87)(H,72,90)(H,73,91)(H,74,85)(H,75,86)(H,76,95)(H,77,92)(H,78,93)(H,79,94)(H,88,89)/t44-,47-,48-,49-,50-,51-,60-/m0/s1. The number of carbonyl (C=O) groups excluding carboxylic acids is 13. The van der Waals surface area contributed by atoms with E-state index in [0.717, 1.165) is 62.0 Å². The Bertz CT molecular complexity index is 2720. The summed E-state index contributed by atoms with van der Waals surface area (Å²) in [5.41, 5.74) is 16.7. The zero-order chi connectivity index (χ0) is 73.9. The minimum absolute atomic E-state index is 0.00243. The lowest BCUT2D eigenvalue weighted by atomic mass is 9.96. The van der Waals surface area contributed by atoms with E-state index in [0.29, 0.717) is 44.8 Å². The molecule has 1 aliphatic heterocycles. The van der Waals surface area contributed by atoms with Crippen LogP contribution in [0.15, 0.2) is 24.3 Å². The van der Waals surface area contributed by atoms with Gasteiger partial charge in [0, 0.05) is 56.7 Å². The monoisotopic (exact) mass is 1450 g/mol. The summed E-state index contributed by atoms with van der Waals surface area (Å²) in [7, 11) is 0. The van der Waals surface area contributed by atoms with Crippen molar-refractivity contribution in [3.63, 3.8) is 0 Å². The van der Waals surface area contributed by atoms with Gasteiger partial charge in [-0.05, 0) is 55.1 Å². The molecule has 1 aromatic carbocycles. The quantitative estimate of drug-likeness (QED) is 0.0370. The van der Waals surface area contributed by atoms with Crippen molar-refractivity contribution in [2.75, 3.05) is 88.8 Å². The van der Waals surface area contributed by atoms with E-state index < -0.39 is 151 Å². The Balaban J connectivity index is 1.90. The number of primary amides is 3. The van der Waals surface area contributed by atoms with E-state index in [4.69, 9.17) is 36.5 Å². The number of rotatable bonds is 49. The fraction of sp³-hybridized carbons (Fsp3) is 0.697. The van der Waals surface area contributed by atoms with Crippen LogP contribution in [0.1, 0.15) is 161 Å². The van der Waals surface area contributed by atoms with E-state index in [2.05, 4.69) is 53.2 Å². The molecular weight excluding hydrogens is 1340 g/mol. The van der Waals surface area contributed by atoms with Crippen LogP contribution in [0.2, 0.25) is 0 Å².